The fraction of sp³-hybridized carbons (Fsp3) is 0.0909. The smallest absolute Gasteiger partial charge is 0.158 e. The van der Waals surface area contributed by atoms with E-state index in [1.165, 1.54) is 0 Å². The summed E-state index contributed by atoms with van der Waals surface area (Å²) in [6.45, 7) is 0. The monoisotopic (exact) mass is 229 g/mol. The molecule has 6 heteroatoms. The number of anilines is 1. The van der Waals surface area contributed by atoms with Crippen LogP contribution in [0.4, 0.5) is 5.69 Å². The average Bonchev–Trinajstić information content (AvgIpc) is 2.93. The largest absolute Gasteiger partial charge is 0.497 e. The molecule has 0 spiro atoms. The van der Waals surface area contributed by atoms with Crippen LogP contribution in [-0.4, -0.2) is 27.3 Å². The third-order valence-corrected chi connectivity index (χ3v) is 2.59. The molecule has 0 aliphatic carbocycles. The number of fused-ring (bicyclic) bond motifs is 1. The number of ether oxygens (including phenoxy) is 1. The minimum atomic E-state index is 0.566. The van der Waals surface area contributed by atoms with E-state index < -0.39 is 0 Å². The van der Waals surface area contributed by atoms with Gasteiger partial charge in [0.05, 0.1) is 30.0 Å². The number of H-pyrrole nitrogens is 2. The van der Waals surface area contributed by atoms with Gasteiger partial charge in [0.2, 0.25) is 0 Å². The summed E-state index contributed by atoms with van der Waals surface area (Å²) in [4.78, 5) is 7.60. The maximum absolute atomic E-state index is 5.77. The van der Waals surface area contributed by atoms with Gasteiger partial charge in [-0.2, -0.15) is 5.10 Å². The summed E-state index contributed by atoms with van der Waals surface area (Å²) in [5, 5.41) is 6.68. The molecule has 0 aliphatic rings. The molecule has 6 nitrogen and oxygen atoms in total. The van der Waals surface area contributed by atoms with Crippen molar-refractivity contribution in [1.82, 2.24) is 20.2 Å². The zero-order chi connectivity index (χ0) is 11.8. The van der Waals surface area contributed by atoms with Crippen LogP contribution in [0.15, 0.2) is 24.4 Å². The van der Waals surface area contributed by atoms with E-state index in [2.05, 4.69) is 20.2 Å². The number of nitrogens with zero attached hydrogens (tertiary/aromatic N) is 2. The lowest BCUT2D eigenvalue weighted by Crippen LogP contribution is -1.87. The predicted octanol–water partition coefficient (Wildman–Crippen LogP) is 1.54. The van der Waals surface area contributed by atoms with Crippen molar-refractivity contribution in [2.24, 2.45) is 0 Å². The standard InChI is InChI=1S/C11H11N5O/c1-17-6-2-3-8-9(4-6)15-11(14-8)10-7(12)5-13-16-10/h2-5H,12H2,1H3,(H,13,16)(H,14,15). The van der Waals surface area contributed by atoms with Gasteiger partial charge in [-0.25, -0.2) is 4.98 Å². The van der Waals surface area contributed by atoms with Crippen molar-refractivity contribution in [3.8, 4) is 17.3 Å². The number of methoxy groups -OCH3 is 1. The summed E-state index contributed by atoms with van der Waals surface area (Å²) in [5.41, 5.74) is 8.79. The maximum atomic E-state index is 5.77. The van der Waals surface area contributed by atoms with Crippen LogP contribution in [0.2, 0.25) is 0 Å². The number of nitrogen functional groups attached to an aromatic ring is 1. The van der Waals surface area contributed by atoms with Crippen LogP contribution < -0.4 is 10.5 Å². The predicted molar refractivity (Wildman–Crippen MR) is 64.6 cm³/mol. The molecule has 3 rings (SSSR count). The SMILES string of the molecule is COc1ccc2nc(-c3[nH]ncc3N)[nH]c2c1. The molecule has 0 saturated carbocycles. The molecule has 2 aromatic heterocycles. The summed E-state index contributed by atoms with van der Waals surface area (Å²) < 4.78 is 5.15. The van der Waals surface area contributed by atoms with Crippen molar-refractivity contribution in [3.05, 3.63) is 24.4 Å². The van der Waals surface area contributed by atoms with Gasteiger partial charge in [-0.15, -0.1) is 0 Å². The third kappa shape index (κ3) is 1.50. The number of nitrogens with two attached hydrogens (primary N) is 1. The number of imidazole rings is 1. The highest BCUT2D eigenvalue weighted by Crippen LogP contribution is 2.25. The van der Waals surface area contributed by atoms with Crippen molar-refractivity contribution in [2.75, 3.05) is 12.8 Å². The van der Waals surface area contributed by atoms with Crippen LogP contribution >= 0.6 is 0 Å². The fourth-order valence-corrected chi connectivity index (χ4v) is 1.72. The van der Waals surface area contributed by atoms with Crippen LogP contribution in [0.3, 0.4) is 0 Å². The molecule has 0 saturated heterocycles. The Morgan fingerprint density at radius 2 is 2.24 bits per heavy atom. The maximum Gasteiger partial charge on any atom is 0.158 e. The number of nitrogens with one attached hydrogen (secondary N) is 2. The van der Waals surface area contributed by atoms with E-state index >= 15 is 0 Å². The third-order valence-electron chi connectivity index (χ3n) is 2.59. The lowest BCUT2D eigenvalue weighted by atomic mass is 10.3. The first-order valence-electron chi connectivity index (χ1n) is 5.11. The van der Waals surface area contributed by atoms with Crippen LogP contribution in [0.5, 0.6) is 5.75 Å². The molecule has 17 heavy (non-hydrogen) atoms. The highest BCUT2D eigenvalue weighted by Gasteiger charge is 2.10. The van der Waals surface area contributed by atoms with Gasteiger partial charge in [-0.1, -0.05) is 0 Å². The van der Waals surface area contributed by atoms with Crippen molar-refractivity contribution in [3.63, 3.8) is 0 Å². The van der Waals surface area contributed by atoms with Crippen molar-refractivity contribution in [1.29, 1.82) is 0 Å². The molecular weight excluding hydrogens is 218 g/mol. The molecule has 4 N–H and O–H groups in total. The van der Waals surface area contributed by atoms with Gasteiger partial charge in [0.1, 0.15) is 11.4 Å². The first-order chi connectivity index (χ1) is 8.28. The summed E-state index contributed by atoms with van der Waals surface area (Å²) in [6.07, 6.45) is 1.56. The Kier molecular flexibility index (Phi) is 2.01. The number of aromatic nitrogens is 4. The Morgan fingerprint density at radius 1 is 1.35 bits per heavy atom. The molecular formula is C11H11N5O. The number of rotatable bonds is 2. The van der Waals surface area contributed by atoms with Crippen molar-refractivity contribution in [2.45, 2.75) is 0 Å². The van der Waals surface area contributed by atoms with Gasteiger partial charge in [-0.3, -0.25) is 5.10 Å². The van der Waals surface area contributed by atoms with Gasteiger partial charge in [0.25, 0.3) is 0 Å². The molecule has 3 aromatic rings. The molecule has 0 aliphatic heterocycles. The summed E-state index contributed by atoms with van der Waals surface area (Å²) >= 11 is 0. The molecule has 1 aromatic carbocycles. The topological polar surface area (TPSA) is 92.6 Å². The second-order valence-electron chi connectivity index (χ2n) is 3.67. The molecule has 86 valence electrons. The quantitative estimate of drug-likeness (QED) is 0.621. The normalized spacial score (nSPS) is 10.9. The van der Waals surface area contributed by atoms with Gasteiger partial charge in [0.15, 0.2) is 5.82 Å². The number of hydrogen-bond acceptors (Lipinski definition) is 4. The minimum absolute atomic E-state index is 0.566. The van der Waals surface area contributed by atoms with E-state index in [0.29, 0.717) is 17.2 Å². The van der Waals surface area contributed by atoms with Gasteiger partial charge >= 0.3 is 0 Å². The summed E-state index contributed by atoms with van der Waals surface area (Å²) in [7, 11) is 1.63. The first kappa shape index (κ1) is 9.71. The highest BCUT2D eigenvalue weighted by molar-refractivity contribution is 5.82. The Bertz CT molecular complexity index is 669. The van der Waals surface area contributed by atoms with E-state index in [0.717, 1.165) is 16.8 Å². The molecule has 2 heterocycles. The second-order valence-corrected chi connectivity index (χ2v) is 3.67. The molecule has 0 atom stereocenters. The van der Waals surface area contributed by atoms with E-state index in [9.17, 15) is 0 Å². The number of benzene rings is 1. The average molecular weight is 229 g/mol. The molecule has 0 amide bonds. The van der Waals surface area contributed by atoms with E-state index in [1.54, 1.807) is 13.3 Å². The summed E-state index contributed by atoms with van der Waals surface area (Å²) in [5.74, 6) is 1.45. The summed E-state index contributed by atoms with van der Waals surface area (Å²) in [6, 6.07) is 5.64. The lowest BCUT2D eigenvalue weighted by molar-refractivity contribution is 0.415. The minimum Gasteiger partial charge on any atom is -0.497 e. The first-order valence-corrected chi connectivity index (χ1v) is 5.11. The van der Waals surface area contributed by atoms with Crippen LogP contribution in [0, 0.1) is 0 Å². The number of hydrogen-bond donors (Lipinski definition) is 3. The zero-order valence-electron chi connectivity index (χ0n) is 9.19. The van der Waals surface area contributed by atoms with Crippen molar-refractivity contribution < 1.29 is 4.74 Å². The lowest BCUT2D eigenvalue weighted by Gasteiger charge is -1.96. The van der Waals surface area contributed by atoms with Crippen LogP contribution in [-0.2, 0) is 0 Å². The molecule has 0 unspecified atom stereocenters. The Balaban J connectivity index is 2.17. The molecule has 0 radical (unpaired) electrons. The zero-order valence-corrected chi connectivity index (χ0v) is 9.19. The van der Waals surface area contributed by atoms with Crippen molar-refractivity contribution >= 4 is 16.7 Å². The Hall–Kier alpha value is -2.50. The van der Waals surface area contributed by atoms with E-state index in [1.807, 2.05) is 18.2 Å². The van der Waals surface area contributed by atoms with Gasteiger partial charge < -0.3 is 15.5 Å². The second kappa shape index (κ2) is 3.51. The van der Waals surface area contributed by atoms with E-state index in [4.69, 9.17) is 10.5 Å². The molecule has 0 bridgehead atoms. The number of aromatic amines is 2. The van der Waals surface area contributed by atoms with Gasteiger partial charge in [0, 0.05) is 6.07 Å². The Labute approximate surface area is 96.8 Å². The Morgan fingerprint density at radius 3 is 2.94 bits per heavy atom. The van der Waals surface area contributed by atoms with Gasteiger partial charge in [-0.05, 0) is 12.1 Å². The fourth-order valence-electron chi connectivity index (χ4n) is 1.72. The van der Waals surface area contributed by atoms with Crippen LogP contribution in [0.1, 0.15) is 0 Å². The van der Waals surface area contributed by atoms with E-state index in [-0.39, 0.29) is 0 Å². The van der Waals surface area contributed by atoms with Crippen LogP contribution in [0.25, 0.3) is 22.6 Å². The highest BCUT2D eigenvalue weighted by atomic mass is 16.5. The molecule has 0 fully saturated rings.